The molecule has 1 atom stereocenters. The van der Waals surface area contributed by atoms with Crippen LogP contribution in [-0.4, -0.2) is 15.4 Å². The minimum Gasteiger partial charge on any atom is -0.248 e. The summed E-state index contributed by atoms with van der Waals surface area (Å²) in [5, 5.41) is 0.749. The van der Waals surface area contributed by atoms with E-state index in [0.29, 0.717) is 5.02 Å². The Balaban J connectivity index is 3.20. The molecule has 0 aliphatic rings. The molecule has 0 aliphatic carbocycles. The summed E-state index contributed by atoms with van der Waals surface area (Å²) in [4.78, 5) is 3.75. The van der Waals surface area contributed by atoms with Crippen molar-refractivity contribution in [2.45, 2.75) is 5.03 Å². The molecule has 0 radical (unpaired) electrons. The molecule has 5 heteroatoms. The van der Waals surface area contributed by atoms with Gasteiger partial charge in [-0.25, -0.2) is 14.0 Å². The number of hydrogen-bond donors (Lipinski definition) is 1. The number of aromatic nitrogens is 1. The largest absolute Gasteiger partial charge is 0.248 e. The van der Waals surface area contributed by atoms with Crippen LogP contribution in [0.3, 0.4) is 0 Å². The second-order valence-corrected chi connectivity index (χ2v) is 4.70. The molecule has 11 heavy (non-hydrogen) atoms. The van der Waals surface area contributed by atoms with Crippen LogP contribution < -0.4 is 0 Å². The molecule has 60 valence electrons. The smallest absolute Gasteiger partial charge is 0.135 e. The van der Waals surface area contributed by atoms with E-state index in [2.05, 4.69) is 4.98 Å². The number of pyridine rings is 1. The Morgan fingerprint density at radius 2 is 2.27 bits per heavy atom. The predicted molar refractivity (Wildman–Crippen MR) is 44.3 cm³/mol. The maximum atomic E-state index is 11.1. The number of rotatable bonds is 1. The van der Waals surface area contributed by atoms with Crippen LogP contribution in [0.2, 0.25) is 5.02 Å². The lowest BCUT2D eigenvalue weighted by Crippen LogP contribution is -1.96. The maximum absolute atomic E-state index is 11.1. The van der Waals surface area contributed by atoms with Crippen molar-refractivity contribution >= 4 is 21.3 Å². The van der Waals surface area contributed by atoms with Gasteiger partial charge in [-0.05, 0) is 12.1 Å². The zero-order valence-electron chi connectivity index (χ0n) is 5.87. The highest BCUT2D eigenvalue weighted by Gasteiger charge is 2.02. The fraction of sp³-hybridized carbons (Fsp3) is 0.167. The average molecular weight is 191 g/mol. The van der Waals surface area contributed by atoms with Crippen LogP contribution >= 0.6 is 11.6 Å². The van der Waals surface area contributed by atoms with Gasteiger partial charge in [0.15, 0.2) is 0 Å². The summed E-state index contributed by atoms with van der Waals surface area (Å²) in [7, 11) is -2.69. The van der Waals surface area contributed by atoms with Crippen LogP contribution in [0.4, 0.5) is 0 Å². The van der Waals surface area contributed by atoms with Crippen LogP contribution in [0.1, 0.15) is 0 Å². The highest BCUT2D eigenvalue weighted by atomic mass is 35.5. The van der Waals surface area contributed by atoms with E-state index in [1.807, 2.05) is 0 Å². The standard InChI is InChI=1S/C6H7ClN2OS/c1-11(8,10)6-3-2-5(7)4-9-6/h2-4,8H,1H3/t11-/m1/s1. The van der Waals surface area contributed by atoms with E-state index in [9.17, 15) is 4.21 Å². The van der Waals surface area contributed by atoms with Crippen LogP contribution in [0.25, 0.3) is 0 Å². The third-order valence-corrected chi connectivity index (χ3v) is 2.36. The Labute approximate surface area is 70.4 Å². The first-order chi connectivity index (χ1) is 5.00. The molecule has 0 spiro atoms. The summed E-state index contributed by atoms with van der Waals surface area (Å²) in [6.07, 6.45) is 2.71. The minimum absolute atomic E-state index is 0.266. The highest BCUT2D eigenvalue weighted by Crippen LogP contribution is 2.10. The van der Waals surface area contributed by atoms with Crippen LogP contribution in [0, 0.1) is 4.78 Å². The van der Waals surface area contributed by atoms with E-state index in [0.717, 1.165) is 0 Å². The Morgan fingerprint density at radius 1 is 1.64 bits per heavy atom. The van der Waals surface area contributed by atoms with Crippen LogP contribution in [0.5, 0.6) is 0 Å². The van der Waals surface area contributed by atoms with E-state index in [-0.39, 0.29) is 5.03 Å². The van der Waals surface area contributed by atoms with Crippen molar-refractivity contribution < 1.29 is 4.21 Å². The van der Waals surface area contributed by atoms with Crippen molar-refractivity contribution in [1.82, 2.24) is 4.98 Å². The van der Waals surface area contributed by atoms with E-state index in [1.54, 1.807) is 6.07 Å². The monoisotopic (exact) mass is 190 g/mol. The fourth-order valence-electron chi connectivity index (χ4n) is 0.593. The average Bonchev–Trinajstić information content (AvgIpc) is 1.86. The molecule has 0 unspecified atom stereocenters. The minimum atomic E-state index is -2.69. The molecule has 3 nitrogen and oxygen atoms in total. The first-order valence-corrected chi connectivity index (χ1v) is 5.20. The second kappa shape index (κ2) is 2.79. The molecular weight excluding hydrogens is 184 g/mol. The quantitative estimate of drug-likeness (QED) is 0.734. The Kier molecular flexibility index (Phi) is 2.15. The third kappa shape index (κ3) is 2.17. The van der Waals surface area contributed by atoms with Gasteiger partial charge >= 0.3 is 0 Å². The lowest BCUT2D eigenvalue weighted by Gasteiger charge is -1.97. The summed E-state index contributed by atoms with van der Waals surface area (Å²) >= 11 is 5.55. The molecule has 0 bridgehead atoms. The number of nitrogens with zero attached hydrogens (tertiary/aromatic N) is 1. The van der Waals surface area contributed by atoms with E-state index >= 15 is 0 Å². The fourth-order valence-corrected chi connectivity index (χ4v) is 1.29. The molecule has 0 saturated carbocycles. The summed E-state index contributed by atoms with van der Waals surface area (Å²) < 4.78 is 18.2. The Hall–Kier alpha value is -0.610. The van der Waals surface area contributed by atoms with Crippen molar-refractivity contribution in [3.8, 4) is 0 Å². The van der Waals surface area contributed by atoms with Gasteiger partial charge in [0.05, 0.1) is 14.8 Å². The highest BCUT2D eigenvalue weighted by molar-refractivity contribution is 7.91. The number of nitrogens with one attached hydrogen (secondary N) is 1. The second-order valence-electron chi connectivity index (χ2n) is 2.16. The van der Waals surface area contributed by atoms with Gasteiger partial charge in [0.25, 0.3) is 0 Å². The zero-order valence-corrected chi connectivity index (χ0v) is 7.45. The summed E-state index contributed by atoms with van der Waals surface area (Å²) in [5.74, 6) is 0. The Morgan fingerprint density at radius 3 is 2.64 bits per heavy atom. The zero-order chi connectivity index (χ0) is 8.48. The molecule has 0 saturated heterocycles. The summed E-state index contributed by atoms with van der Waals surface area (Å²) in [6.45, 7) is 0. The van der Waals surface area contributed by atoms with Gasteiger partial charge in [-0.3, -0.25) is 0 Å². The van der Waals surface area contributed by atoms with Gasteiger partial charge in [-0.15, -0.1) is 0 Å². The lowest BCUT2D eigenvalue weighted by molar-refractivity contribution is 0.676. The molecule has 1 N–H and O–H groups in total. The van der Waals surface area contributed by atoms with Crippen LogP contribution in [-0.2, 0) is 9.73 Å². The predicted octanol–water partition coefficient (Wildman–Crippen LogP) is 1.77. The van der Waals surface area contributed by atoms with Gasteiger partial charge in [0.2, 0.25) is 0 Å². The molecule has 0 amide bonds. The van der Waals surface area contributed by atoms with Gasteiger partial charge in [-0.2, -0.15) is 0 Å². The van der Waals surface area contributed by atoms with Gasteiger partial charge in [-0.1, -0.05) is 11.6 Å². The molecule has 1 aromatic rings. The van der Waals surface area contributed by atoms with Crippen molar-refractivity contribution in [3.63, 3.8) is 0 Å². The van der Waals surface area contributed by atoms with E-state index < -0.39 is 9.73 Å². The van der Waals surface area contributed by atoms with Gasteiger partial charge < -0.3 is 0 Å². The molecule has 1 aromatic heterocycles. The maximum Gasteiger partial charge on any atom is 0.135 e. The SMILES string of the molecule is C[S@@](=N)(=O)c1ccc(Cl)cn1. The van der Waals surface area contributed by atoms with E-state index in [1.165, 1.54) is 18.5 Å². The van der Waals surface area contributed by atoms with Gasteiger partial charge in [0, 0.05) is 12.5 Å². The molecule has 1 heterocycles. The first kappa shape index (κ1) is 8.49. The van der Waals surface area contributed by atoms with Crippen molar-refractivity contribution in [2.75, 3.05) is 6.26 Å². The third-order valence-electron chi connectivity index (χ3n) is 1.10. The molecule has 0 aliphatic heterocycles. The topological polar surface area (TPSA) is 53.8 Å². The molecule has 0 aromatic carbocycles. The lowest BCUT2D eigenvalue weighted by atomic mass is 10.5. The van der Waals surface area contributed by atoms with Crippen molar-refractivity contribution in [1.29, 1.82) is 4.78 Å². The first-order valence-electron chi connectivity index (χ1n) is 2.85. The van der Waals surface area contributed by atoms with Crippen molar-refractivity contribution in [2.24, 2.45) is 0 Å². The summed E-state index contributed by atoms with van der Waals surface area (Å²) in [5.41, 5.74) is 0. The molecule has 1 rings (SSSR count). The van der Waals surface area contributed by atoms with E-state index in [4.69, 9.17) is 16.4 Å². The normalized spacial score (nSPS) is 15.8. The van der Waals surface area contributed by atoms with Crippen molar-refractivity contribution in [3.05, 3.63) is 23.4 Å². The number of hydrogen-bond acceptors (Lipinski definition) is 3. The van der Waals surface area contributed by atoms with Gasteiger partial charge in [0.1, 0.15) is 5.03 Å². The summed E-state index contributed by atoms with van der Waals surface area (Å²) in [6, 6.07) is 3.07. The van der Waals surface area contributed by atoms with Crippen LogP contribution in [0.15, 0.2) is 23.4 Å². The molecular formula is C6H7ClN2OS. The molecule has 0 fully saturated rings. The number of halogens is 1. The Bertz CT molecular complexity index is 343.